The van der Waals surface area contributed by atoms with Gasteiger partial charge in [0.25, 0.3) is 5.91 Å². The van der Waals surface area contributed by atoms with Gasteiger partial charge in [-0.1, -0.05) is 96.1 Å². The molecule has 0 aliphatic carbocycles. The summed E-state index contributed by atoms with van der Waals surface area (Å²) in [5.41, 5.74) is 0.477. The van der Waals surface area contributed by atoms with E-state index >= 15 is 0 Å². The fraction of sp³-hybridized carbons (Fsp3) is 0.531. The van der Waals surface area contributed by atoms with Crippen LogP contribution in [0.2, 0.25) is 0 Å². The highest BCUT2D eigenvalue weighted by Gasteiger charge is 2.42. The summed E-state index contributed by atoms with van der Waals surface area (Å²) < 4.78 is 41.8. The number of hydrogen-bond acceptors (Lipinski definition) is 11. The number of halogens is 3. The second kappa shape index (κ2) is 28.6. The number of ketones is 1. The predicted molar refractivity (Wildman–Crippen MR) is 255 cm³/mol. The average Bonchev–Trinajstić information content (AvgIpc) is 3.28. The topological polar surface area (TPSA) is 333 Å². The maximum Gasteiger partial charge on any atom is 0.391 e. The Hall–Kier alpha value is -7.40. The quantitative estimate of drug-likeness (QED) is 0.0524. The van der Waals surface area contributed by atoms with Gasteiger partial charge >= 0.3 is 24.1 Å². The van der Waals surface area contributed by atoms with Crippen LogP contribution in [0.3, 0.4) is 0 Å². The van der Waals surface area contributed by atoms with Gasteiger partial charge < -0.3 is 52.5 Å². The van der Waals surface area contributed by atoms with Crippen molar-refractivity contribution in [2.75, 3.05) is 0 Å². The van der Waals surface area contributed by atoms with Gasteiger partial charge in [-0.3, -0.25) is 52.7 Å². The van der Waals surface area contributed by atoms with Crippen molar-refractivity contribution in [3.63, 3.8) is 0 Å². The molecule has 0 spiro atoms. The molecule has 0 heterocycles. The number of rotatable bonds is 29. The van der Waals surface area contributed by atoms with Gasteiger partial charge in [0.2, 0.25) is 41.2 Å². The molecule has 10 N–H and O–H groups in total. The fourth-order valence-corrected chi connectivity index (χ4v) is 7.30. The van der Waals surface area contributed by atoms with Crippen LogP contribution >= 0.6 is 0 Å². The van der Waals surface area contributed by atoms with E-state index in [9.17, 15) is 76.1 Å². The lowest BCUT2D eigenvalue weighted by atomic mass is 9.85. The minimum Gasteiger partial charge on any atom is -0.481 e. The van der Waals surface area contributed by atoms with Crippen LogP contribution < -0.4 is 37.2 Å². The number of aryl methyl sites for hydroxylation is 1. The van der Waals surface area contributed by atoms with Gasteiger partial charge in [0.05, 0.1) is 25.3 Å². The maximum atomic E-state index is 14.4. The van der Waals surface area contributed by atoms with Gasteiger partial charge in [0, 0.05) is 19.3 Å². The largest absolute Gasteiger partial charge is 0.481 e. The number of carbonyl (C=O) groups is 11. The highest BCUT2D eigenvalue weighted by atomic mass is 19.4. The van der Waals surface area contributed by atoms with E-state index in [1.807, 2.05) is 5.32 Å². The molecule has 73 heavy (non-hydrogen) atoms. The van der Waals surface area contributed by atoms with Crippen LogP contribution in [0.15, 0.2) is 54.6 Å². The zero-order chi connectivity index (χ0) is 55.4. The molecule has 402 valence electrons. The Kier molecular flexibility index (Phi) is 24.2. The van der Waals surface area contributed by atoms with Crippen molar-refractivity contribution >= 4 is 65.0 Å². The van der Waals surface area contributed by atoms with Crippen LogP contribution in [-0.4, -0.2) is 123 Å². The Morgan fingerprint density at radius 1 is 0.575 bits per heavy atom. The third-order valence-electron chi connectivity index (χ3n) is 11.2. The van der Waals surface area contributed by atoms with Gasteiger partial charge in [0.1, 0.15) is 36.3 Å². The van der Waals surface area contributed by atoms with E-state index in [2.05, 4.69) is 31.9 Å². The normalized spacial score (nSPS) is 14.3. The summed E-state index contributed by atoms with van der Waals surface area (Å²) in [4.78, 5) is 143. The summed E-state index contributed by atoms with van der Waals surface area (Å²) in [5, 5.41) is 44.0. The maximum absolute atomic E-state index is 14.4. The molecule has 2 aromatic rings. The van der Waals surface area contributed by atoms with E-state index in [4.69, 9.17) is 5.11 Å². The molecule has 0 bridgehead atoms. The SMILES string of the molecule is CC[C@@H](NC(=O)C(=O)C(CC(F)(F)F)NC(=O)[C@H](CC(C)C)NC(=O)[C@@H](NC(=O)[C@H](Cc1ccccc1C)NC(=O)[C@H](CCC(=O)O)NC(=O)[C@H](CC(=O)O)NC(=O)CCC(=O)O)C(C)(C)C)c1ccccc1. The first-order valence-corrected chi connectivity index (χ1v) is 23.4. The van der Waals surface area contributed by atoms with Crippen molar-refractivity contribution in [1.82, 2.24) is 37.2 Å². The second-order valence-corrected chi connectivity index (χ2v) is 18.9. The Morgan fingerprint density at radius 3 is 1.63 bits per heavy atom. The van der Waals surface area contributed by atoms with Crippen molar-refractivity contribution in [2.45, 2.75) is 155 Å². The lowest BCUT2D eigenvalue weighted by molar-refractivity contribution is -0.154. The first-order chi connectivity index (χ1) is 33.9. The number of amides is 7. The molecular formula is C49H66F3N7O14. The van der Waals surface area contributed by atoms with Crippen LogP contribution in [0.4, 0.5) is 13.2 Å². The molecule has 2 rings (SSSR count). The van der Waals surface area contributed by atoms with Crippen molar-refractivity contribution in [1.29, 1.82) is 0 Å². The molecule has 0 saturated carbocycles. The van der Waals surface area contributed by atoms with Gasteiger partial charge in [-0.25, -0.2) is 0 Å². The number of Topliss-reactive ketones (excluding diaryl/α,β-unsaturated/α-hetero) is 1. The molecule has 7 atom stereocenters. The van der Waals surface area contributed by atoms with Crippen molar-refractivity contribution < 1.29 is 81.2 Å². The Morgan fingerprint density at radius 2 is 1.10 bits per heavy atom. The van der Waals surface area contributed by atoms with Crippen LogP contribution in [0, 0.1) is 18.3 Å². The van der Waals surface area contributed by atoms with Crippen LogP contribution in [0.5, 0.6) is 0 Å². The number of alkyl halides is 3. The molecule has 1 unspecified atom stereocenters. The third-order valence-corrected chi connectivity index (χ3v) is 11.2. The third kappa shape index (κ3) is 22.3. The van der Waals surface area contributed by atoms with Gasteiger partial charge in [-0.05, 0) is 54.2 Å². The summed E-state index contributed by atoms with van der Waals surface area (Å²) in [7, 11) is 0. The van der Waals surface area contributed by atoms with E-state index < -0.39 is 163 Å². The van der Waals surface area contributed by atoms with E-state index in [0.29, 0.717) is 16.7 Å². The average molecular weight is 1030 g/mol. The highest BCUT2D eigenvalue weighted by Crippen LogP contribution is 2.24. The van der Waals surface area contributed by atoms with Crippen LogP contribution in [0.25, 0.3) is 0 Å². The zero-order valence-electron chi connectivity index (χ0n) is 41.6. The number of aliphatic carboxylic acids is 3. The lowest BCUT2D eigenvalue weighted by Crippen LogP contribution is -2.62. The monoisotopic (exact) mass is 1030 g/mol. The summed E-state index contributed by atoms with van der Waals surface area (Å²) in [6.45, 7) is 11.2. The predicted octanol–water partition coefficient (Wildman–Crippen LogP) is 2.53. The molecule has 24 heteroatoms. The fourth-order valence-electron chi connectivity index (χ4n) is 7.30. The van der Waals surface area contributed by atoms with Gasteiger partial charge in [-0.2, -0.15) is 13.2 Å². The number of carboxylic acids is 3. The van der Waals surface area contributed by atoms with E-state index in [1.54, 1.807) is 82.3 Å². The summed E-state index contributed by atoms with van der Waals surface area (Å²) in [5.74, 6) is -14.6. The number of carbonyl (C=O) groups excluding carboxylic acids is 8. The summed E-state index contributed by atoms with van der Waals surface area (Å²) >= 11 is 0. The Bertz CT molecular complexity index is 2310. The molecule has 0 fully saturated rings. The summed E-state index contributed by atoms with van der Waals surface area (Å²) in [6.07, 6.45) is -10.9. The second-order valence-electron chi connectivity index (χ2n) is 18.9. The van der Waals surface area contributed by atoms with Crippen molar-refractivity contribution in [3.8, 4) is 0 Å². The minimum atomic E-state index is -5.05. The van der Waals surface area contributed by atoms with Crippen LogP contribution in [0.1, 0.15) is 116 Å². The number of hydrogen-bond donors (Lipinski definition) is 10. The molecule has 0 aliphatic rings. The zero-order valence-corrected chi connectivity index (χ0v) is 41.6. The van der Waals surface area contributed by atoms with Gasteiger partial charge in [0.15, 0.2) is 0 Å². The molecule has 0 aromatic heterocycles. The highest BCUT2D eigenvalue weighted by molar-refractivity contribution is 6.38. The molecule has 0 saturated heterocycles. The van der Waals surface area contributed by atoms with Crippen LogP contribution in [-0.2, 0) is 59.2 Å². The summed E-state index contributed by atoms with van der Waals surface area (Å²) in [6, 6.07) is 3.27. The molecule has 7 amide bonds. The first-order valence-electron chi connectivity index (χ1n) is 23.4. The first kappa shape index (κ1) is 61.7. The standard InChI is InChI=1S/C49H66F3N7O14/c1-8-30(28-15-10-9-11-16-28)54-46(72)40(67)35(25-49(50,51)52)58-43(69)32(22-26(2)3)57-47(73)41(48(5,6)7)59-45(71)33(23-29-17-13-12-14-27(29)4)56-42(68)31(18-20-37(61)62)55-44(70)34(24-39(65)66)53-36(60)19-21-38(63)64/h9-17,26,30-35,41H,8,18-25H2,1-7H3,(H,53,60)(H,54,72)(H,55,70)(H,56,68)(H,57,73)(H,58,69)(H,59,71)(H,61,62)(H,63,64)(H,65,66)/t30-,31+,32+,33+,34+,35?,41-/m1/s1. The number of benzene rings is 2. The van der Waals surface area contributed by atoms with E-state index in [1.165, 1.54) is 20.8 Å². The molecular weight excluding hydrogens is 968 g/mol. The minimum absolute atomic E-state index is 0.206. The number of carboxylic acid groups (broad SMARTS) is 3. The van der Waals surface area contributed by atoms with E-state index in [0.717, 1.165) is 0 Å². The lowest BCUT2D eigenvalue weighted by Gasteiger charge is -2.34. The Balaban J connectivity index is 2.51. The number of nitrogens with one attached hydrogen (secondary N) is 7. The molecule has 0 aliphatic heterocycles. The molecule has 21 nitrogen and oxygen atoms in total. The van der Waals surface area contributed by atoms with Crippen molar-refractivity contribution in [3.05, 3.63) is 71.3 Å². The Labute approximate surface area is 419 Å². The smallest absolute Gasteiger partial charge is 0.391 e. The van der Waals surface area contributed by atoms with Gasteiger partial charge in [-0.15, -0.1) is 0 Å². The van der Waals surface area contributed by atoms with E-state index in [-0.39, 0.29) is 19.3 Å². The van der Waals surface area contributed by atoms with Crippen molar-refractivity contribution in [2.24, 2.45) is 11.3 Å². The molecule has 2 aromatic carbocycles. The molecule has 0 radical (unpaired) electrons.